The van der Waals surface area contributed by atoms with Crippen LogP contribution in [-0.4, -0.2) is 41.5 Å². The van der Waals surface area contributed by atoms with Gasteiger partial charge in [-0.05, 0) is 50.4 Å². The lowest BCUT2D eigenvalue weighted by atomic mass is 9.48. The van der Waals surface area contributed by atoms with E-state index in [1.54, 1.807) is 0 Å². The van der Waals surface area contributed by atoms with Crippen LogP contribution in [0, 0.1) is 17.3 Å². The van der Waals surface area contributed by atoms with E-state index in [1.165, 1.54) is 0 Å². The molecule has 0 aromatic rings. The Morgan fingerprint density at radius 1 is 1.23 bits per heavy atom. The van der Waals surface area contributed by atoms with Crippen molar-refractivity contribution in [2.75, 3.05) is 6.61 Å². The van der Waals surface area contributed by atoms with E-state index >= 15 is 0 Å². The molecular weight excluding hydrogens is 322 g/mol. The van der Waals surface area contributed by atoms with Crippen LogP contribution in [-0.2, 0) is 19.6 Å². The molecular formula is C13H18F2O6S. The molecule has 0 amide bonds. The maximum Gasteiger partial charge on any atom is 0.465 e. The fourth-order valence-corrected chi connectivity index (χ4v) is 5.25. The molecule has 0 spiro atoms. The minimum Gasteiger partial charge on any atom is -0.460 e. The van der Waals surface area contributed by atoms with Gasteiger partial charge in [-0.1, -0.05) is 0 Å². The fraction of sp³-hybridized carbons (Fsp3) is 0.923. The Morgan fingerprint density at radius 3 is 2.23 bits per heavy atom. The van der Waals surface area contributed by atoms with Gasteiger partial charge in [0.2, 0.25) is 0 Å². The average Bonchev–Trinajstić information content (AvgIpc) is 2.31. The fourth-order valence-electron chi connectivity index (χ4n) is 4.98. The normalized spacial score (nSPS) is 40.7. The summed E-state index contributed by atoms with van der Waals surface area (Å²) >= 11 is 0. The molecule has 0 aliphatic heterocycles. The highest BCUT2D eigenvalue weighted by molar-refractivity contribution is 7.87. The van der Waals surface area contributed by atoms with Gasteiger partial charge in [0, 0.05) is 5.41 Å². The Hall–Kier alpha value is -0.800. The first-order valence-corrected chi connectivity index (χ1v) is 8.63. The molecule has 4 rings (SSSR count). The molecule has 4 bridgehead atoms. The largest absolute Gasteiger partial charge is 0.465 e. The first-order valence-electron chi connectivity index (χ1n) is 7.19. The molecule has 4 aliphatic rings. The smallest absolute Gasteiger partial charge is 0.460 e. The first kappa shape index (κ1) is 16.1. The highest BCUT2D eigenvalue weighted by atomic mass is 32.2. The van der Waals surface area contributed by atoms with Gasteiger partial charge in [0.15, 0.2) is 0 Å². The van der Waals surface area contributed by atoms with Crippen molar-refractivity contribution in [3.8, 4) is 0 Å². The molecule has 2 unspecified atom stereocenters. The lowest BCUT2D eigenvalue weighted by Crippen LogP contribution is -2.57. The van der Waals surface area contributed by atoms with Crippen LogP contribution < -0.4 is 0 Å². The molecule has 4 fully saturated rings. The van der Waals surface area contributed by atoms with Gasteiger partial charge in [0.1, 0.15) is 0 Å². The number of ether oxygens (including phenoxy) is 1. The summed E-state index contributed by atoms with van der Waals surface area (Å²) in [4.78, 5) is 11.3. The zero-order valence-corrected chi connectivity index (χ0v) is 12.6. The lowest BCUT2D eigenvalue weighted by Gasteiger charge is -2.59. The monoisotopic (exact) mass is 340 g/mol. The third-order valence-electron chi connectivity index (χ3n) is 5.22. The van der Waals surface area contributed by atoms with Crippen LogP contribution in [0.25, 0.3) is 0 Å². The highest BCUT2D eigenvalue weighted by Gasteiger charge is 2.59. The van der Waals surface area contributed by atoms with Crippen molar-refractivity contribution in [1.29, 1.82) is 0 Å². The van der Waals surface area contributed by atoms with E-state index in [-0.39, 0.29) is 18.4 Å². The zero-order chi connectivity index (χ0) is 16.4. The summed E-state index contributed by atoms with van der Waals surface area (Å²) in [7, 11) is -5.85. The van der Waals surface area contributed by atoms with Crippen molar-refractivity contribution >= 4 is 16.1 Å². The van der Waals surface area contributed by atoms with Gasteiger partial charge in [-0.2, -0.15) is 17.2 Å². The number of carbonyl (C=O) groups is 1. The summed E-state index contributed by atoms with van der Waals surface area (Å²) in [6, 6.07) is 0. The van der Waals surface area contributed by atoms with Gasteiger partial charge >= 0.3 is 21.3 Å². The molecule has 2 N–H and O–H groups in total. The second-order valence-corrected chi connectivity index (χ2v) is 8.72. The maximum absolute atomic E-state index is 13.2. The number of alkyl halides is 2. The van der Waals surface area contributed by atoms with E-state index in [4.69, 9.17) is 4.55 Å². The Morgan fingerprint density at radius 2 is 1.77 bits per heavy atom. The number of aliphatic hydroxyl groups is 1. The SMILES string of the molecule is O=C(OCC12C[C@@H]3C[C@@H](CC(O)(C3)C1)C2)C(F)(F)S(=O)(=O)O. The highest BCUT2D eigenvalue weighted by Crippen LogP contribution is 2.61. The van der Waals surface area contributed by atoms with Crippen LogP contribution in [0.5, 0.6) is 0 Å². The molecule has 126 valence electrons. The Kier molecular flexibility index (Phi) is 3.37. The van der Waals surface area contributed by atoms with Crippen molar-refractivity contribution in [3.63, 3.8) is 0 Å². The predicted molar refractivity (Wildman–Crippen MR) is 69.5 cm³/mol. The minimum atomic E-state index is -5.85. The number of hydrogen-bond acceptors (Lipinski definition) is 5. The molecule has 0 aromatic carbocycles. The van der Waals surface area contributed by atoms with Crippen LogP contribution >= 0.6 is 0 Å². The van der Waals surface area contributed by atoms with Gasteiger partial charge in [-0.15, -0.1) is 0 Å². The number of halogens is 2. The third-order valence-corrected chi connectivity index (χ3v) is 6.04. The van der Waals surface area contributed by atoms with Crippen LogP contribution in [0.1, 0.15) is 38.5 Å². The summed E-state index contributed by atoms with van der Waals surface area (Å²) in [5.41, 5.74) is -1.40. The van der Waals surface area contributed by atoms with E-state index in [9.17, 15) is 27.1 Å². The van der Waals surface area contributed by atoms with Crippen LogP contribution in [0.3, 0.4) is 0 Å². The second-order valence-electron chi connectivity index (χ2n) is 7.25. The van der Waals surface area contributed by atoms with Gasteiger partial charge in [-0.3, -0.25) is 4.55 Å². The van der Waals surface area contributed by atoms with E-state index < -0.39 is 32.4 Å². The average molecular weight is 340 g/mol. The summed E-state index contributed by atoms with van der Waals surface area (Å²) in [6.07, 6.45) is 4.07. The van der Waals surface area contributed by atoms with Crippen molar-refractivity contribution in [2.45, 2.75) is 49.4 Å². The summed E-state index contributed by atoms with van der Waals surface area (Å²) < 4.78 is 60.4. The molecule has 0 aromatic heterocycles. The number of hydrogen-bond donors (Lipinski definition) is 2. The van der Waals surface area contributed by atoms with E-state index in [0.29, 0.717) is 32.1 Å². The van der Waals surface area contributed by atoms with Crippen molar-refractivity contribution < 1.29 is 36.4 Å². The molecule has 0 radical (unpaired) electrons. The Balaban J connectivity index is 1.71. The van der Waals surface area contributed by atoms with E-state index in [0.717, 1.165) is 6.42 Å². The van der Waals surface area contributed by atoms with Crippen molar-refractivity contribution in [1.82, 2.24) is 0 Å². The van der Waals surface area contributed by atoms with E-state index in [2.05, 4.69) is 4.74 Å². The lowest BCUT2D eigenvalue weighted by molar-refractivity contribution is -0.193. The number of carbonyl (C=O) groups excluding carboxylic acids is 1. The molecule has 0 saturated heterocycles. The summed E-state index contributed by atoms with van der Waals surface area (Å²) in [6.45, 7) is -0.355. The minimum absolute atomic E-state index is 0.284. The number of esters is 1. The Labute approximate surface area is 126 Å². The van der Waals surface area contributed by atoms with Gasteiger partial charge in [0.05, 0.1) is 12.2 Å². The summed E-state index contributed by atoms with van der Waals surface area (Å²) in [5.74, 6) is -1.70. The molecule has 9 heteroatoms. The predicted octanol–water partition coefficient (Wildman–Crippen LogP) is 1.34. The molecule has 0 heterocycles. The van der Waals surface area contributed by atoms with Crippen LogP contribution in [0.4, 0.5) is 8.78 Å². The van der Waals surface area contributed by atoms with Crippen LogP contribution in [0.15, 0.2) is 0 Å². The zero-order valence-electron chi connectivity index (χ0n) is 11.8. The maximum atomic E-state index is 13.2. The quantitative estimate of drug-likeness (QED) is 0.592. The second kappa shape index (κ2) is 4.61. The molecule has 22 heavy (non-hydrogen) atoms. The molecule has 4 atom stereocenters. The molecule has 4 aliphatic carbocycles. The standard InChI is InChI=1S/C13H18F2O6S/c14-13(15,22(18,19)20)10(16)21-7-11-2-8-1-9(3-11)5-12(17,4-8)6-11/h8-9,17H,1-7H2,(H,18,19,20)/t8-,9+,11?,12?. The van der Waals surface area contributed by atoms with Crippen molar-refractivity contribution in [3.05, 3.63) is 0 Å². The van der Waals surface area contributed by atoms with Crippen molar-refractivity contribution in [2.24, 2.45) is 17.3 Å². The third kappa shape index (κ3) is 2.52. The van der Waals surface area contributed by atoms with Gasteiger partial charge < -0.3 is 9.84 Å². The summed E-state index contributed by atoms with van der Waals surface area (Å²) in [5, 5.41) is 5.53. The van der Waals surface area contributed by atoms with Gasteiger partial charge in [-0.25, -0.2) is 4.79 Å². The first-order chi connectivity index (χ1) is 9.95. The molecule has 4 saturated carbocycles. The van der Waals surface area contributed by atoms with E-state index in [1.807, 2.05) is 0 Å². The Bertz CT molecular complexity index is 588. The van der Waals surface area contributed by atoms with Gasteiger partial charge in [0.25, 0.3) is 0 Å². The topological polar surface area (TPSA) is 101 Å². The van der Waals surface area contributed by atoms with Crippen LogP contribution in [0.2, 0.25) is 0 Å². The molecule has 6 nitrogen and oxygen atoms in total. The number of rotatable bonds is 4.